The van der Waals surface area contributed by atoms with Gasteiger partial charge in [-0.25, -0.2) is 0 Å². The van der Waals surface area contributed by atoms with Crippen molar-refractivity contribution in [2.75, 3.05) is 19.6 Å². The van der Waals surface area contributed by atoms with E-state index in [-0.39, 0.29) is 0 Å². The van der Waals surface area contributed by atoms with Crippen LogP contribution in [-0.4, -0.2) is 19.6 Å². The average Bonchev–Trinajstić information content (AvgIpc) is 2.95. The molecule has 0 aliphatic heterocycles. The van der Waals surface area contributed by atoms with Crippen LogP contribution < -0.4 is 4.48 Å². The zero-order chi connectivity index (χ0) is 27.2. The third-order valence-corrected chi connectivity index (χ3v) is 8.56. The Balaban J connectivity index is 2.24. The van der Waals surface area contributed by atoms with Gasteiger partial charge in [-0.3, -0.25) is 4.48 Å². The molecule has 0 heterocycles. The molecule has 0 atom stereocenters. The zero-order valence-corrected chi connectivity index (χ0v) is 25.7. The summed E-state index contributed by atoms with van der Waals surface area (Å²) in [5.41, 5.74) is 4.63. The monoisotopic (exact) mass is 520 g/mol. The molecule has 2 aromatic rings. The lowest BCUT2D eigenvalue weighted by atomic mass is 9.98. The van der Waals surface area contributed by atoms with Crippen LogP contribution in [-0.2, 0) is 6.42 Å². The predicted molar refractivity (Wildman–Crippen MR) is 172 cm³/mol. The molecule has 0 aromatic heterocycles. The maximum atomic E-state index is 2.50. The van der Waals surface area contributed by atoms with Crippen LogP contribution in [0.2, 0.25) is 0 Å². The van der Waals surface area contributed by atoms with Gasteiger partial charge in [-0.05, 0) is 50.2 Å². The van der Waals surface area contributed by atoms with Crippen molar-refractivity contribution in [3.05, 3.63) is 65.7 Å². The van der Waals surface area contributed by atoms with Crippen molar-refractivity contribution in [3.63, 3.8) is 0 Å². The van der Waals surface area contributed by atoms with Crippen LogP contribution in [0.4, 0.5) is 5.69 Å². The van der Waals surface area contributed by atoms with Crippen LogP contribution >= 0.6 is 0 Å². The second-order valence-electron chi connectivity index (χ2n) is 11.9. The molecule has 1 heteroatoms. The summed E-state index contributed by atoms with van der Waals surface area (Å²) >= 11 is 0. The first-order valence-electron chi connectivity index (χ1n) is 16.7. The molecule has 0 unspecified atom stereocenters. The second-order valence-corrected chi connectivity index (χ2v) is 11.9. The SMILES string of the molecule is CCCCCCCC[N+](CCCCCCCC)(CCCCCCCC)c1ccccc1Cc1ccccc1. The summed E-state index contributed by atoms with van der Waals surface area (Å²) in [6, 6.07) is 20.7. The molecule has 0 spiro atoms. The lowest BCUT2D eigenvalue weighted by Crippen LogP contribution is -2.52. The topological polar surface area (TPSA) is 0 Å². The van der Waals surface area contributed by atoms with Crippen molar-refractivity contribution in [1.29, 1.82) is 0 Å². The van der Waals surface area contributed by atoms with E-state index in [1.807, 2.05) is 0 Å². The number of hydrogen-bond donors (Lipinski definition) is 0. The lowest BCUT2D eigenvalue weighted by molar-refractivity contribution is 0.251. The number of hydrogen-bond acceptors (Lipinski definition) is 0. The minimum Gasteiger partial charge on any atom is -0.291 e. The van der Waals surface area contributed by atoms with Gasteiger partial charge >= 0.3 is 0 Å². The van der Waals surface area contributed by atoms with E-state index in [0.717, 1.165) is 6.42 Å². The highest BCUT2D eigenvalue weighted by Crippen LogP contribution is 2.32. The molecule has 0 saturated heterocycles. The fraction of sp³-hybridized carbons (Fsp3) is 0.676. The van der Waals surface area contributed by atoms with Crippen LogP contribution in [0.15, 0.2) is 54.6 Å². The summed E-state index contributed by atoms with van der Waals surface area (Å²) in [7, 11) is 0. The van der Waals surface area contributed by atoms with E-state index in [0.29, 0.717) is 0 Å². The van der Waals surface area contributed by atoms with Crippen LogP contribution in [0, 0.1) is 0 Å². The molecule has 0 aliphatic carbocycles. The Hall–Kier alpha value is -1.60. The molecule has 0 fully saturated rings. The maximum absolute atomic E-state index is 2.50. The zero-order valence-electron chi connectivity index (χ0n) is 25.7. The molecule has 2 aromatic carbocycles. The van der Waals surface area contributed by atoms with Gasteiger partial charge in [-0.2, -0.15) is 0 Å². The Labute approximate surface area is 238 Å². The normalized spacial score (nSPS) is 11.8. The molecule has 214 valence electrons. The van der Waals surface area contributed by atoms with Crippen molar-refractivity contribution in [2.45, 2.75) is 143 Å². The van der Waals surface area contributed by atoms with E-state index < -0.39 is 0 Å². The first-order valence-corrected chi connectivity index (χ1v) is 16.7. The first-order chi connectivity index (χ1) is 18.8. The fourth-order valence-electron chi connectivity index (χ4n) is 6.22. The third-order valence-electron chi connectivity index (χ3n) is 8.56. The molecule has 0 radical (unpaired) electrons. The Kier molecular flexibility index (Phi) is 18.2. The Morgan fingerprint density at radius 1 is 0.421 bits per heavy atom. The van der Waals surface area contributed by atoms with Crippen molar-refractivity contribution in [1.82, 2.24) is 4.48 Å². The van der Waals surface area contributed by atoms with Gasteiger partial charge in [0.1, 0.15) is 5.69 Å². The Bertz CT molecular complexity index is 755. The number of benzene rings is 2. The van der Waals surface area contributed by atoms with Crippen molar-refractivity contribution >= 4 is 5.69 Å². The van der Waals surface area contributed by atoms with E-state index in [1.165, 1.54) is 145 Å². The standard InChI is InChI=1S/C37H62N/c1-4-7-10-13-16-24-31-38(32-25-17-14-11-8-5-2,33-26-18-15-12-9-6-3)37-30-23-22-29-36(37)34-35-27-20-19-21-28-35/h19-23,27-30H,4-18,24-26,31-34H2,1-3H3/q+1. The molecule has 1 nitrogen and oxygen atoms in total. The maximum Gasteiger partial charge on any atom is 0.136 e. The molecular weight excluding hydrogens is 458 g/mol. The smallest absolute Gasteiger partial charge is 0.136 e. The van der Waals surface area contributed by atoms with E-state index >= 15 is 0 Å². The molecule has 0 bridgehead atoms. The van der Waals surface area contributed by atoms with Crippen LogP contribution in [0.5, 0.6) is 0 Å². The number of rotatable bonds is 24. The Morgan fingerprint density at radius 2 is 0.816 bits per heavy atom. The van der Waals surface area contributed by atoms with E-state index in [9.17, 15) is 0 Å². The predicted octanol–water partition coefficient (Wildman–Crippen LogP) is 11.7. The quantitative estimate of drug-likeness (QED) is 0.0953. The summed E-state index contributed by atoms with van der Waals surface area (Å²) in [4.78, 5) is 0. The fourth-order valence-corrected chi connectivity index (χ4v) is 6.22. The third kappa shape index (κ3) is 13.0. The number of quaternary nitrogens is 1. The highest BCUT2D eigenvalue weighted by molar-refractivity contribution is 5.52. The molecule has 38 heavy (non-hydrogen) atoms. The largest absolute Gasteiger partial charge is 0.291 e. The van der Waals surface area contributed by atoms with Crippen LogP contribution in [0.25, 0.3) is 0 Å². The molecule has 2 rings (SSSR count). The van der Waals surface area contributed by atoms with Gasteiger partial charge in [0.25, 0.3) is 0 Å². The van der Waals surface area contributed by atoms with E-state index in [2.05, 4.69) is 75.4 Å². The molecule has 0 saturated carbocycles. The molecule has 0 amide bonds. The van der Waals surface area contributed by atoms with Gasteiger partial charge < -0.3 is 0 Å². The van der Waals surface area contributed by atoms with E-state index in [4.69, 9.17) is 0 Å². The summed E-state index contributed by atoms with van der Waals surface area (Å²) in [6.07, 6.45) is 26.0. The summed E-state index contributed by atoms with van der Waals surface area (Å²) in [5, 5.41) is 0. The van der Waals surface area contributed by atoms with Gasteiger partial charge in [0.2, 0.25) is 0 Å². The highest BCUT2D eigenvalue weighted by atomic mass is 15.4. The summed E-state index contributed by atoms with van der Waals surface area (Å²) in [5.74, 6) is 0. The van der Waals surface area contributed by atoms with Gasteiger partial charge in [0.05, 0.1) is 19.6 Å². The molecule has 0 aliphatic rings. The minimum atomic E-state index is 1.06. The molecule has 0 N–H and O–H groups in total. The first kappa shape index (κ1) is 32.6. The van der Waals surface area contributed by atoms with Gasteiger partial charge in [-0.1, -0.05) is 146 Å². The van der Waals surface area contributed by atoms with Gasteiger partial charge in [0, 0.05) is 12.0 Å². The van der Waals surface area contributed by atoms with Crippen LogP contribution in [0.3, 0.4) is 0 Å². The average molecular weight is 521 g/mol. The second kappa shape index (κ2) is 21.2. The van der Waals surface area contributed by atoms with Crippen molar-refractivity contribution < 1.29 is 0 Å². The number of nitrogens with zero attached hydrogens (tertiary/aromatic N) is 1. The number of para-hydroxylation sites is 1. The summed E-state index contributed by atoms with van der Waals surface area (Å²) in [6.45, 7) is 10.9. The van der Waals surface area contributed by atoms with Crippen molar-refractivity contribution in [2.24, 2.45) is 0 Å². The van der Waals surface area contributed by atoms with E-state index in [1.54, 1.807) is 11.3 Å². The van der Waals surface area contributed by atoms with Gasteiger partial charge in [0.15, 0.2) is 0 Å². The summed E-state index contributed by atoms with van der Waals surface area (Å²) < 4.78 is 1.22. The van der Waals surface area contributed by atoms with Crippen molar-refractivity contribution in [3.8, 4) is 0 Å². The number of unbranched alkanes of at least 4 members (excludes halogenated alkanes) is 15. The Morgan fingerprint density at radius 3 is 1.29 bits per heavy atom. The minimum absolute atomic E-state index is 1.06. The van der Waals surface area contributed by atoms with Crippen LogP contribution in [0.1, 0.15) is 147 Å². The lowest BCUT2D eigenvalue weighted by Gasteiger charge is -2.40. The highest BCUT2D eigenvalue weighted by Gasteiger charge is 2.31. The molecular formula is C37H62N+. The van der Waals surface area contributed by atoms with Gasteiger partial charge in [-0.15, -0.1) is 0 Å².